The second-order valence-electron chi connectivity index (χ2n) is 7.35. The molecule has 0 radical (unpaired) electrons. The van der Waals surface area contributed by atoms with Gasteiger partial charge in [-0.05, 0) is 49.6 Å². The number of carbonyl (C=O) groups is 2. The number of aryl methyl sites for hydroxylation is 3. The van der Waals surface area contributed by atoms with Gasteiger partial charge in [0.05, 0.1) is 23.2 Å². The number of fused-ring (bicyclic) bond motifs is 1. The molecule has 0 unspecified atom stereocenters. The summed E-state index contributed by atoms with van der Waals surface area (Å²) in [6.07, 6.45) is 0. The molecule has 3 aromatic rings. The van der Waals surface area contributed by atoms with E-state index in [1.54, 1.807) is 10.7 Å². The molecule has 2 aromatic heterocycles. The lowest BCUT2D eigenvalue weighted by Crippen LogP contribution is -2.33. The maximum Gasteiger partial charge on any atom is 0.252 e. The molecule has 29 heavy (non-hydrogen) atoms. The number of amides is 2. The Morgan fingerprint density at radius 2 is 1.93 bits per heavy atom. The first-order valence-corrected chi connectivity index (χ1v) is 10.1. The van der Waals surface area contributed by atoms with Crippen molar-refractivity contribution in [1.29, 1.82) is 0 Å². The average molecular weight is 458 g/mol. The third-order valence-corrected chi connectivity index (χ3v) is 5.19. The minimum atomic E-state index is -0.321. The Kier molecular flexibility index (Phi) is 6.02. The fourth-order valence-electron chi connectivity index (χ4n) is 3.16. The average Bonchev–Trinajstić information content (AvgIpc) is 2.95. The normalized spacial score (nSPS) is 11.1. The van der Waals surface area contributed by atoms with E-state index < -0.39 is 0 Å². The largest absolute Gasteiger partial charge is 0.343 e. The Balaban J connectivity index is 1.80. The number of benzene rings is 1. The molecule has 0 bridgehead atoms. The highest BCUT2D eigenvalue weighted by Gasteiger charge is 2.20. The molecule has 0 fully saturated rings. The maximum absolute atomic E-state index is 12.9. The number of rotatable bonds is 5. The van der Waals surface area contributed by atoms with Gasteiger partial charge in [-0.15, -0.1) is 0 Å². The molecule has 0 aliphatic rings. The Bertz CT molecular complexity index is 1100. The maximum atomic E-state index is 12.9. The van der Waals surface area contributed by atoms with Crippen LogP contribution >= 0.6 is 15.9 Å². The molecule has 0 atom stereocenters. The van der Waals surface area contributed by atoms with E-state index in [-0.39, 0.29) is 24.3 Å². The molecular formula is C21H24BrN5O2. The molecule has 0 aliphatic carbocycles. The number of pyridine rings is 1. The minimum Gasteiger partial charge on any atom is -0.343 e. The Morgan fingerprint density at radius 3 is 2.59 bits per heavy atom. The molecule has 152 valence electrons. The monoisotopic (exact) mass is 457 g/mol. The van der Waals surface area contributed by atoms with E-state index in [9.17, 15) is 9.59 Å². The Labute approximate surface area is 178 Å². The highest BCUT2D eigenvalue weighted by Crippen LogP contribution is 2.25. The van der Waals surface area contributed by atoms with Crippen LogP contribution in [0.15, 0.2) is 28.7 Å². The van der Waals surface area contributed by atoms with Gasteiger partial charge in [0.25, 0.3) is 5.91 Å². The van der Waals surface area contributed by atoms with Crippen molar-refractivity contribution >= 4 is 44.5 Å². The van der Waals surface area contributed by atoms with E-state index >= 15 is 0 Å². The number of hydrogen-bond acceptors (Lipinski definition) is 4. The van der Waals surface area contributed by atoms with Crippen LogP contribution in [0.4, 0.5) is 5.69 Å². The van der Waals surface area contributed by atoms with Crippen molar-refractivity contribution in [1.82, 2.24) is 20.1 Å². The Morgan fingerprint density at radius 1 is 1.21 bits per heavy atom. The fourth-order valence-corrected chi connectivity index (χ4v) is 3.63. The topological polar surface area (TPSA) is 88.9 Å². The summed E-state index contributed by atoms with van der Waals surface area (Å²) in [6, 6.07) is 7.38. The summed E-state index contributed by atoms with van der Waals surface area (Å²) < 4.78 is 2.62. The summed E-state index contributed by atoms with van der Waals surface area (Å²) in [4.78, 5) is 29.9. The fraction of sp³-hybridized carbons (Fsp3) is 0.333. The molecule has 2 N–H and O–H groups in total. The molecule has 2 heterocycles. The van der Waals surface area contributed by atoms with Crippen molar-refractivity contribution in [3.63, 3.8) is 0 Å². The summed E-state index contributed by atoms with van der Waals surface area (Å²) in [5.74, 6) is -0.455. The highest BCUT2D eigenvalue weighted by molar-refractivity contribution is 9.10. The van der Waals surface area contributed by atoms with Crippen molar-refractivity contribution in [2.24, 2.45) is 7.05 Å². The summed E-state index contributed by atoms with van der Waals surface area (Å²) in [5.41, 5.74) is 4.32. The summed E-state index contributed by atoms with van der Waals surface area (Å²) in [7, 11) is 1.81. The number of halogens is 1. The molecule has 3 rings (SSSR count). The van der Waals surface area contributed by atoms with Gasteiger partial charge >= 0.3 is 0 Å². The molecule has 0 saturated heterocycles. The number of nitrogens with one attached hydrogen (secondary N) is 2. The lowest BCUT2D eigenvalue weighted by Gasteiger charge is -2.12. The quantitative estimate of drug-likeness (QED) is 0.608. The van der Waals surface area contributed by atoms with Crippen LogP contribution < -0.4 is 10.6 Å². The van der Waals surface area contributed by atoms with Crippen molar-refractivity contribution in [3.05, 3.63) is 51.3 Å². The van der Waals surface area contributed by atoms with Crippen molar-refractivity contribution in [2.75, 3.05) is 11.9 Å². The van der Waals surface area contributed by atoms with E-state index in [4.69, 9.17) is 0 Å². The van der Waals surface area contributed by atoms with Crippen molar-refractivity contribution in [3.8, 4) is 0 Å². The van der Waals surface area contributed by atoms with E-state index in [1.807, 2.05) is 52.9 Å². The standard InChI is InChI=1S/C21H24BrN5O2/c1-11(2)17-9-15(19-13(4)26-27(5)20(19)25-17)21(29)23-10-18(28)24-16-7-6-14(22)8-12(16)3/h6-9,11H,10H2,1-5H3,(H,23,29)(H,24,28). The third-order valence-electron chi connectivity index (χ3n) is 4.70. The first-order chi connectivity index (χ1) is 13.7. The molecule has 0 spiro atoms. The first kappa shape index (κ1) is 21.0. The zero-order chi connectivity index (χ0) is 21.3. The van der Waals surface area contributed by atoms with Gasteiger partial charge in [0, 0.05) is 22.9 Å². The molecule has 2 amide bonds. The molecular weight excluding hydrogens is 434 g/mol. The summed E-state index contributed by atoms with van der Waals surface area (Å²) in [6.45, 7) is 7.67. The van der Waals surface area contributed by atoms with Crippen LogP contribution in [0.5, 0.6) is 0 Å². The van der Waals surface area contributed by atoms with Gasteiger partial charge in [-0.1, -0.05) is 29.8 Å². The van der Waals surface area contributed by atoms with Crippen LogP contribution in [0, 0.1) is 13.8 Å². The van der Waals surface area contributed by atoms with E-state index in [2.05, 4.69) is 36.6 Å². The van der Waals surface area contributed by atoms with Gasteiger partial charge in [0.15, 0.2) is 5.65 Å². The van der Waals surface area contributed by atoms with E-state index in [1.165, 1.54) is 0 Å². The van der Waals surface area contributed by atoms with Gasteiger partial charge in [-0.3, -0.25) is 14.3 Å². The smallest absolute Gasteiger partial charge is 0.252 e. The van der Waals surface area contributed by atoms with Crippen LogP contribution in [-0.2, 0) is 11.8 Å². The van der Waals surface area contributed by atoms with E-state index in [0.717, 1.165) is 21.4 Å². The third kappa shape index (κ3) is 4.48. The van der Waals surface area contributed by atoms with Gasteiger partial charge in [0.1, 0.15) is 0 Å². The number of carbonyl (C=O) groups excluding carboxylic acids is 2. The highest BCUT2D eigenvalue weighted by atomic mass is 79.9. The molecule has 1 aromatic carbocycles. The van der Waals surface area contributed by atoms with Crippen molar-refractivity contribution < 1.29 is 9.59 Å². The predicted molar refractivity (Wildman–Crippen MR) is 117 cm³/mol. The molecule has 0 saturated carbocycles. The lowest BCUT2D eigenvalue weighted by molar-refractivity contribution is -0.115. The molecule has 7 nitrogen and oxygen atoms in total. The second kappa shape index (κ2) is 8.32. The number of anilines is 1. The summed E-state index contributed by atoms with van der Waals surface area (Å²) in [5, 5.41) is 10.6. The second-order valence-corrected chi connectivity index (χ2v) is 8.26. The lowest BCUT2D eigenvalue weighted by atomic mass is 10.0. The first-order valence-electron chi connectivity index (χ1n) is 9.35. The van der Waals surface area contributed by atoms with E-state index in [0.29, 0.717) is 22.3 Å². The van der Waals surface area contributed by atoms with Gasteiger partial charge in [-0.25, -0.2) is 4.98 Å². The zero-order valence-corrected chi connectivity index (χ0v) is 18.7. The van der Waals surface area contributed by atoms with Crippen LogP contribution in [0.2, 0.25) is 0 Å². The number of hydrogen-bond donors (Lipinski definition) is 2. The zero-order valence-electron chi connectivity index (χ0n) is 17.1. The predicted octanol–water partition coefficient (Wildman–Crippen LogP) is 3.84. The Hall–Kier alpha value is -2.74. The van der Waals surface area contributed by atoms with Crippen molar-refractivity contribution in [2.45, 2.75) is 33.6 Å². The van der Waals surface area contributed by atoms with Crippen LogP contribution in [0.1, 0.15) is 47.1 Å². The van der Waals surface area contributed by atoms with Gasteiger partial charge in [0.2, 0.25) is 5.91 Å². The van der Waals surface area contributed by atoms with Gasteiger partial charge < -0.3 is 10.6 Å². The SMILES string of the molecule is Cc1cc(Br)ccc1NC(=O)CNC(=O)c1cc(C(C)C)nc2c1c(C)nn2C. The van der Waals surface area contributed by atoms with Crippen LogP contribution in [0.3, 0.4) is 0 Å². The van der Waals surface area contributed by atoms with Gasteiger partial charge in [-0.2, -0.15) is 5.10 Å². The number of nitrogens with zero attached hydrogens (tertiary/aromatic N) is 3. The van der Waals surface area contributed by atoms with Crippen LogP contribution in [-0.4, -0.2) is 33.1 Å². The molecule has 0 aliphatic heterocycles. The summed E-state index contributed by atoms with van der Waals surface area (Å²) >= 11 is 3.40. The molecule has 8 heteroatoms. The van der Waals surface area contributed by atoms with Crippen LogP contribution in [0.25, 0.3) is 11.0 Å². The minimum absolute atomic E-state index is 0.130. The number of aromatic nitrogens is 3.